The normalized spacial score (nSPS) is 9.86. The molecule has 0 spiro atoms. The van der Waals surface area contributed by atoms with Gasteiger partial charge in [0.05, 0.1) is 13.2 Å². The predicted octanol–water partition coefficient (Wildman–Crippen LogP) is 2.46. The Bertz CT molecular complexity index is 287. The first-order valence-electron chi connectivity index (χ1n) is 4.93. The average molecular weight is 195 g/mol. The molecule has 0 heterocycles. The third kappa shape index (κ3) is 2.55. The molecular formula is C11H17NO2. The van der Waals surface area contributed by atoms with Crippen LogP contribution in [0.4, 0.5) is 5.69 Å². The van der Waals surface area contributed by atoms with E-state index < -0.39 is 0 Å². The van der Waals surface area contributed by atoms with Crippen LogP contribution >= 0.6 is 0 Å². The molecule has 0 atom stereocenters. The Hall–Kier alpha value is -1.38. The van der Waals surface area contributed by atoms with Gasteiger partial charge in [-0.15, -0.1) is 0 Å². The van der Waals surface area contributed by atoms with Gasteiger partial charge in [0, 0.05) is 0 Å². The quantitative estimate of drug-likeness (QED) is 0.734. The molecule has 0 unspecified atom stereocenters. The highest BCUT2D eigenvalue weighted by Gasteiger charge is 2.05. The molecule has 1 aromatic carbocycles. The number of anilines is 1. The van der Waals surface area contributed by atoms with Crippen LogP contribution in [0.25, 0.3) is 0 Å². The van der Waals surface area contributed by atoms with Crippen LogP contribution in [0.5, 0.6) is 11.5 Å². The molecule has 3 nitrogen and oxygen atoms in total. The number of hydrogen-bond donors (Lipinski definition) is 1. The Labute approximate surface area is 84.8 Å². The number of hydrogen-bond acceptors (Lipinski definition) is 3. The Morgan fingerprint density at radius 2 is 1.79 bits per heavy atom. The van der Waals surface area contributed by atoms with Crippen LogP contribution < -0.4 is 15.2 Å². The van der Waals surface area contributed by atoms with E-state index in [-0.39, 0.29) is 0 Å². The fourth-order valence-corrected chi connectivity index (χ4v) is 1.14. The minimum Gasteiger partial charge on any atom is -0.492 e. The first kappa shape index (κ1) is 10.7. The van der Waals surface area contributed by atoms with Gasteiger partial charge < -0.3 is 15.2 Å². The predicted molar refractivity (Wildman–Crippen MR) is 57.8 cm³/mol. The van der Waals surface area contributed by atoms with Crippen molar-refractivity contribution in [2.45, 2.75) is 20.3 Å². The van der Waals surface area contributed by atoms with Crippen molar-refractivity contribution in [3.8, 4) is 11.5 Å². The first-order chi connectivity index (χ1) is 6.79. The summed E-state index contributed by atoms with van der Waals surface area (Å²) in [5, 5.41) is 0. The molecule has 0 aliphatic heterocycles. The lowest BCUT2D eigenvalue weighted by molar-refractivity contribution is 0.312. The lowest BCUT2D eigenvalue weighted by atomic mass is 10.2. The average Bonchev–Trinajstić information content (AvgIpc) is 2.20. The second kappa shape index (κ2) is 5.37. The van der Waals surface area contributed by atoms with Gasteiger partial charge in [-0.25, -0.2) is 0 Å². The van der Waals surface area contributed by atoms with Crippen LogP contribution in [0.3, 0.4) is 0 Å². The van der Waals surface area contributed by atoms with Crippen molar-refractivity contribution >= 4 is 5.69 Å². The highest BCUT2D eigenvalue weighted by Crippen LogP contribution is 2.31. The van der Waals surface area contributed by atoms with E-state index >= 15 is 0 Å². The highest BCUT2D eigenvalue weighted by atomic mass is 16.5. The zero-order valence-electron chi connectivity index (χ0n) is 8.75. The number of para-hydroxylation sites is 1. The van der Waals surface area contributed by atoms with Crippen LogP contribution in [0.1, 0.15) is 20.3 Å². The summed E-state index contributed by atoms with van der Waals surface area (Å²) in [6.45, 7) is 5.28. The molecule has 0 aliphatic rings. The van der Waals surface area contributed by atoms with E-state index in [1.807, 2.05) is 25.1 Å². The van der Waals surface area contributed by atoms with Gasteiger partial charge in [-0.1, -0.05) is 13.0 Å². The van der Waals surface area contributed by atoms with E-state index in [2.05, 4.69) is 6.92 Å². The summed E-state index contributed by atoms with van der Waals surface area (Å²) in [4.78, 5) is 0. The van der Waals surface area contributed by atoms with Crippen LogP contribution in [0.2, 0.25) is 0 Å². The Morgan fingerprint density at radius 1 is 1.14 bits per heavy atom. The molecule has 2 N–H and O–H groups in total. The molecule has 0 saturated heterocycles. The van der Waals surface area contributed by atoms with Gasteiger partial charge in [0.1, 0.15) is 17.2 Å². The topological polar surface area (TPSA) is 44.5 Å². The summed E-state index contributed by atoms with van der Waals surface area (Å²) < 4.78 is 10.8. The summed E-state index contributed by atoms with van der Waals surface area (Å²) in [6.07, 6.45) is 0.971. The van der Waals surface area contributed by atoms with Gasteiger partial charge in [0.15, 0.2) is 0 Å². The van der Waals surface area contributed by atoms with Crippen molar-refractivity contribution in [3.05, 3.63) is 18.2 Å². The fraction of sp³-hybridized carbons (Fsp3) is 0.455. The molecule has 0 aromatic heterocycles. The smallest absolute Gasteiger partial charge is 0.146 e. The largest absolute Gasteiger partial charge is 0.492 e. The minimum atomic E-state index is 0.586. The third-order valence-electron chi connectivity index (χ3n) is 1.79. The van der Waals surface area contributed by atoms with E-state index in [1.54, 1.807) is 0 Å². The second-order valence-electron chi connectivity index (χ2n) is 2.95. The summed E-state index contributed by atoms with van der Waals surface area (Å²) in [5.74, 6) is 1.40. The number of nitrogens with two attached hydrogens (primary N) is 1. The number of benzene rings is 1. The molecule has 0 fully saturated rings. The molecule has 0 amide bonds. The Balaban J connectivity index is 2.78. The van der Waals surface area contributed by atoms with E-state index in [4.69, 9.17) is 15.2 Å². The van der Waals surface area contributed by atoms with Crippen LogP contribution in [-0.4, -0.2) is 13.2 Å². The molecule has 0 aliphatic carbocycles. The maximum atomic E-state index is 5.86. The molecule has 0 radical (unpaired) electrons. The van der Waals surface area contributed by atoms with Crippen molar-refractivity contribution in [2.24, 2.45) is 0 Å². The summed E-state index contributed by atoms with van der Waals surface area (Å²) in [6, 6.07) is 5.58. The van der Waals surface area contributed by atoms with Gasteiger partial charge in [0.2, 0.25) is 0 Å². The zero-order chi connectivity index (χ0) is 10.4. The van der Waals surface area contributed by atoms with E-state index in [0.717, 1.165) is 6.42 Å². The van der Waals surface area contributed by atoms with Gasteiger partial charge in [-0.3, -0.25) is 0 Å². The standard InChI is InChI=1S/C11H17NO2/c1-3-8-14-10-7-5-6-9(11(10)12)13-4-2/h5-7H,3-4,8,12H2,1-2H3. The number of nitrogen functional groups attached to an aromatic ring is 1. The van der Waals surface area contributed by atoms with E-state index in [0.29, 0.717) is 30.4 Å². The molecule has 0 saturated carbocycles. The molecule has 1 rings (SSSR count). The lowest BCUT2D eigenvalue weighted by Crippen LogP contribution is -2.02. The lowest BCUT2D eigenvalue weighted by Gasteiger charge is -2.11. The van der Waals surface area contributed by atoms with Crippen molar-refractivity contribution in [1.82, 2.24) is 0 Å². The summed E-state index contributed by atoms with van der Waals surface area (Å²) >= 11 is 0. The highest BCUT2D eigenvalue weighted by molar-refractivity contribution is 5.62. The van der Waals surface area contributed by atoms with Gasteiger partial charge in [-0.05, 0) is 25.5 Å². The molecular weight excluding hydrogens is 178 g/mol. The van der Waals surface area contributed by atoms with Crippen molar-refractivity contribution in [1.29, 1.82) is 0 Å². The number of ether oxygens (including phenoxy) is 2. The van der Waals surface area contributed by atoms with Crippen LogP contribution in [-0.2, 0) is 0 Å². The van der Waals surface area contributed by atoms with Crippen molar-refractivity contribution < 1.29 is 9.47 Å². The number of rotatable bonds is 5. The molecule has 1 aromatic rings. The SMILES string of the molecule is CCCOc1cccc(OCC)c1N. The monoisotopic (exact) mass is 195 g/mol. The molecule has 14 heavy (non-hydrogen) atoms. The van der Waals surface area contributed by atoms with Gasteiger partial charge in [0.25, 0.3) is 0 Å². The van der Waals surface area contributed by atoms with E-state index in [1.165, 1.54) is 0 Å². The maximum Gasteiger partial charge on any atom is 0.146 e. The van der Waals surface area contributed by atoms with Gasteiger partial charge >= 0.3 is 0 Å². The first-order valence-corrected chi connectivity index (χ1v) is 4.93. The van der Waals surface area contributed by atoms with Crippen molar-refractivity contribution in [2.75, 3.05) is 18.9 Å². The molecule has 0 bridgehead atoms. The van der Waals surface area contributed by atoms with Crippen LogP contribution in [0.15, 0.2) is 18.2 Å². The molecule has 78 valence electrons. The van der Waals surface area contributed by atoms with E-state index in [9.17, 15) is 0 Å². The third-order valence-corrected chi connectivity index (χ3v) is 1.79. The zero-order valence-corrected chi connectivity index (χ0v) is 8.75. The van der Waals surface area contributed by atoms with Crippen molar-refractivity contribution in [3.63, 3.8) is 0 Å². The maximum absolute atomic E-state index is 5.86. The summed E-state index contributed by atoms with van der Waals surface area (Å²) in [7, 11) is 0. The van der Waals surface area contributed by atoms with Crippen LogP contribution in [0, 0.1) is 0 Å². The second-order valence-corrected chi connectivity index (χ2v) is 2.95. The summed E-state index contributed by atoms with van der Waals surface area (Å²) in [5.41, 5.74) is 6.45. The Kier molecular flexibility index (Phi) is 4.11. The van der Waals surface area contributed by atoms with Gasteiger partial charge in [-0.2, -0.15) is 0 Å². The Morgan fingerprint density at radius 3 is 2.36 bits per heavy atom. The minimum absolute atomic E-state index is 0.586. The molecule has 3 heteroatoms. The fourth-order valence-electron chi connectivity index (χ4n) is 1.14.